The Balaban J connectivity index is 2.12. The lowest BCUT2D eigenvalue weighted by Gasteiger charge is -2.12. The fourth-order valence-corrected chi connectivity index (χ4v) is 2.80. The molecule has 0 saturated carbocycles. The summed E-state index contributed by atoms with van der Waals surface area (Å²) in [6.07, 6.45) is 1.80. The van der Waals surface area contributed by atoms with Crippen LogP contribution in [0.5, 0.6) is 0 Å². The number of amides is 1. The molecule has 0 saturated heterocycles. The van der Waals surface area contributed by atoms with Crippen molar-refractivity contribution in [3.8, 4) is 0 Å². The summed E-state index contributed by atoms with van der Waals surface area (Å²) >= 11 is 7.52. The van der Waals surface area contributed by atoms with Crippen LogP contribution in [0.3, 0.4) is 0 Å². The lowest BCUT2D eigenvalue weighted by Crippen LogP contribution is -2.26. The first-order valence-electron chi connectivity index (χ1n) is 6.64. The van der Waals surface area contributed by atoms with Gasteiger partial charge in [0.15, 0.2) is 0 Å². The van der Waals surface area contributed by atoms with Crippen LogP contribution in [0.4, 0.5) is 5.82 Å². The second kappa shape index (κ2) is 6.87. The van der Waals surface area contributed by atoms with Crippen LogP contribution in [0.15, 0.2) is 18.3 Å². The molecule has 2 aromatic rings. The third-order valence-corrected chi connectivity index (χ3v) is 4.06. The van der Waals surface area contributed by atoms with Crippen LogP contribution in [-0.4, -0.2) is 22.4 Å². The van der Waals surface area contributed by atoms with Crippen LogP contribution in [0.25, 0.3) is 0 Å². The van der Waals surface area contributed by atoms with Gasteiger partial charge in [-0.15, -0.1) is 11.3 Å². The predicted octanol–water partition coefficient (Wildman–Crippen LogP) is 3.42. The molecule has 2 aromatic heterocycles. The average Bonchev–Trinajstić information content (AvgIpc) is 2.85. The van der Waals surface area contributed by atoms with E-state index in [9.17, 15) is 4.79 Å². The predicted molar refractivity (Wildman–Crippen MR) is 86.1 cm³/mol. The Hall–Kier alpha value is -1.66. The van der Waals surface area contributed by atoms with Crippen molar-refractivity contribution < 1.29 is 4.79 Å². The number of nitrogens with one attached hydrogen (secondary N) is 2. The van der Waals surface area contributed by atoms with Gasteiger partial charge in [0, 0.05) is 23.2 Å². The summed E-state index contributed by atoms with van der Waals surface area (Å²) < 4.78 is 0. The molecule has 0 aliphatic rings. The van der Waals surface area contributed by atoms with E-state index < -0.39 is 0 Å². The molecule has 0 aliphatic carbocycles. The molecule has 1 unspecified atom stereocenters. The monoisotopic (exact) mass is 324 g/mol. The largest absolute Gasteiger partial charge is 0.370 e. The number of rotatable bonds is 5. The Labute approximate surface area is 132 Å². The fraction of sp³-hybridized carbons (Fsp3) is 0.357. The van der Waals surface area contributed by atoms with Gasteiger partial charge in [-0.05, 0) is 32.9 Å². The summed E-state index contributed by atoms with van der Waals surface area (Å²) in [5, 5.41) is 7.13. The number of aromatic nitrogens is 2. The first kappa shape index (κ1) is 15.7. The number of thiazole rings is 1. The van der Waals surface area contributed by atoms with E-state index in [1.54, 1.807) is 29.7 Å². The van der Waals surface area contributed by atoms with Crippen molar-refractivity contribution in [1.82, 2.24) is 15.3 Å². The summed E-state index contributed by atoms with van der Waals surface area (Å²) in [5.74, 6) is 0.395. The van der Waals surface area contributed by atoms with E-state index in [2.05, 4.69) is 20.6 Å². The third kappa shape index (κ3) is 4.15. The van der Waals surface area contributed by atoms with Crippen molar-refractivity contribution in [2.24, 2.45) is 0 Å². The second-order valence-corrected chi connectivity index (χ2v) is 6.25. The minimum Gasteiger partial charge on any atom is -0.370 e. The molecular weight excluding hydrogens is 308 g/mol. The fourth-order valence-electron chi connectivity index (χ4n) is 1.81. The van der Waals surface area contributed by atoms with Gasteiger partial charge >= 0.3 is 0 Å². The highest BCUT2D eigenvalue weighted by atomic mass is 35.5. The van der Waals surface area contributed by atoms with Crippen LogP contribution in [0, 0.1) is 6.92 Å². The number of aryl methyl sites for hydroxylation is 1. The van der Waals surface area contributed by atoms with Gasteiger partial charge in [0.2, 0.25) is 0 Å². The molecule has 2 heterocycles. The number of pyridine rings is 1. The average molecular weight is 325 g/mol. The maximum atomic E-state index is 12.3. The highest BCUT2D eigenvalue weighted by molar-refractivity contribution is 7.11. The highest BCUT2D eigenvalue weighted by Gasteiger charge is 2.15. The molecule has 112 valence electrons. The molecule has 0 bridgehead atoms. The number of hydrogen-bond acceptors (Lipinski definition) is 5. The molecule has 0 aromatic carbocycles. The van der Waals surface area contributed by atoms with Crippen molar-refractivity contribution >= 4 is 34.7 Å². The van der Waals surface area contributed by atoms with Crippen molar-refractivity contribution in [3.63, 3.8) is 0 Å². The molecule has 1 atom stereocenters. The molecule has 2 N–H and O–H groups in total. The van der Waals surface area contributed by atoms with E-state index in [-0.39, 0.29) is 17.1 Å². The van der Waals surface area contributed by atoms with Crippen LogP contribution < -0.4 is 10.6 Å². The highest BCUT2D eigenvalue weighted by Crippen LogP contribution is 2.20. The molecule has 0 spiro atoms. The number of anilines is 1. The van der Waals surface area contributed by atoms with Gasteiger partial charge in [0.25, 0.3) is 5.91 Å². The normalized spacial score (nSPS) is 12.0. The zero-order chi connectivity index (χ0) is 15.4. The van der Waals surface area contributed by atoms with Gasteiger partial charge in [0.05, 0.1) is 6.04 Å². The Morgan fingerprint density at radius 3 is 2.86 bits per heavy atom. The Bertz CT molecular complexity index is 644. The van der Waals surface area contributed by atoms with Crippen LogP contribution in [0.1, 0.15) is 40.1 Å². The third-order valence-electron chi connectivity index (χ3n) is 2.77. The summed E-state index contributed by atoms with van der Waals surface area (Å²) in [4.78, 5) is 21.8. The standard InChI is InChI=1S/C14H17ClN4OS/c1-4-16-12-6-10(5-11(15)19-12)13(20)18-9(3)14-17-7-8(2)21-14/h5-7,9H,4H2,1-3H3,(H,16,19)(H,18,20). The molecule has 0 radical (unpaired) electrons. The zero-order valence-corrected chi connectivity index (χ0v) is 13.7. The van der Waals surface area contributed by atoms with Gasteiger partial charge in [-0.1, -0.05) is 11.6 Å². The number of carbonyl (C=O) groups excluding carboxylic acids is 1. The van der Waals surface area contributed by atoms with Gasteiger partial charge < -0.3 is 10.6 Å². The molecule has 0 fully saturated rings. The summed E-state index contributed by atoms with van der Waals surface area (Å²) in [5.41, 5.74) is 0.478. The lowest BCUT2D eigenvalue weighted by atomic mass is 10.2. The minimum absolute atomic E-state index is 0.147. The van der Waals surface area contributed by atoms with Gasteiger partial charge in [0.1, 0.15) is 16.0 Å². The number of halogens is 1. The number of nitrogens with zero attached hydrogens (tertiary/aromatic N) is 2. The Kier molecular flexibility index (Phi) is 5.14. The quantitative estimate of drug-likeness (QED) is 0.827. The summed E-state index contributed by atoms with van der Waals surface area (Å²) in [6, 6.07) is 3.09. The van der Waals surface area contributed by atoms with Crippen LogP contribution in [0.2, 0.25) is 5.15 Å². The van der Waals surface area contributed by atoms with Crippen LogP contribution >= 0.6 is 22.9 Å². The van der Waals surface area contributed by atoms with E-state index in [1.165, 1.54) is 0 Å². The molecular formula is C14H17ClN4OS. The van der Waals surface area contributed by atoms with Gasteiger partial charge in [-0.3, -0.25) is 4.79 Å². The lowest BCUT2D eigenvalue weighted by molar-refractivity contribution is 0.0939. The summed E-state index contributed by atoms with van der Waals surface area (Å²) in [7, 11) is 0. The van der Waals surface area contributed by atoms with Crippen molar-refractivity contribution in [2.75, 3.05) is 11.9 Å². The molecule has 7 heteroatoms. The maximum Gasteiger partial charge on any atom is 0.252 e. The van der Waals surface area contributed by atoms with Gasteiger partial charge in [-0.2, -0.15) is 0 Å². The summed E-state index contributed by atoms with van der Waals surface area (Å²) in [6.45, 7) is 6.56. The molecule has 0 aliphatic heterocycles. The zero-order valence-electron chi connectivity index (χ0n) is 12.1. The molecule has 21 heavy (non-hydrogen) atoms. The topological polar surface area (TPSA) is 66.9 Å². The van der Waals surface area contributed by atoms with Crippen LogP contribution in [-0.2, 0) is 0 Å². The van der Waals surface area contributed by atoms with Crippen molar-refractivity contribution in [1.29, 1.82) is 0 Å². The Morgan fingerprint density at radius 2 is 2.24 bits per heavy atom. The SMILES string of the molecule is CCNc1cc(C(=O)NC(C)c2ncc(C)s2)cc(Cl)n1. The number of hydrogen-bond donors (Lipinski definition) is 2. The Morgan fingerprint density at radius 1 is 1.48 bits per heavy atom. The van der Waals surface area contributed by atoms with Crippen molar-refractivity contribution in [3.05, 3.63) is 38.9 Å². The van der Waals surface area contributed by atoms with E-state index in [4.69, 9.17) is 11.6 Å². The first-order valence-corrected chi connectivity index (χ1v) is 7.83. The minimum atomic E-state index is -0.196. The van der Waals surface area contributed by atoms with Gasteiger partial charge in [-0.25, -0.2) is 9.97 Å². The smallest absolute Gasteiger partial charge is 0.252 e. The molecule has 2 rings (SSSR count). The van der Waals surface area contributed by atoms with E-state index >= 15 is 0 Å². The second-order valence-electron chi connectivity index (χ2n) is 4.60. The maximum absolute atomic E-state index is 12.3. The van der Waals surface area contributed by atoms with E-state index in [0.717, 1.165) is 9.88 Å². The van der Waals surface area contributed by atoms with E-state index in [0.29, 0.717) is 17.9 Å². The van der Waals surface area contributed by atoms with Crippen molar-refractivity contribution in [2.45, 2.75) is 26.8 Å². The molecule has 1 amide bonds. The molecule has 5 nitrogen and oxygen atoms in total. The number of carbonyl (C=O) groups is 1. The van der Waals surface area contributed by atoms with E-state index in [1.807, 2.05) is 20.8 Å². The first-order chi connectivity index (χ1) is 9.99.